The molecule has 5 rings (SSSR count). The van der Waals surface area contributed by atoms with Crippen molar-refractivity contribution >= 4 is 29.1 Å². The molecule has 1 saturated heterocycles. The maximum atomic E-state index is 13.1. The van der Waals surface area contributed by atoms with Crippen molar-refractivity contribution in [3.63, 3.8) is 0 Å². The van der Waals surface area contributed by atoms with E-state index in [9.17, 15) is 24.5 Å². The van der Waals surface area contributed by atoms with Gasteiger partial charge < -0.3 is 5.32 Å². The third-order valence-corrected chi connectivity index (χ3v) is 6.15. The predicted molar refractivity (Wildman–Crippen MR) is 100.0 cm³/mol. The average Bonchev–Trinajstić information content (AvgIpc) is 2.97. The maximum absolute atomic E-state index is 13.1. The molecule has 5 atom stereocenters. The van der Waals surface area contributed by atoms with Gasteiger partial charge in [-0.15, -0.1) is 0 Å². The quantitative estimate of drug-likeness (QED) is 0.364. The molecule has 0 aromatic heterocycles. The number of allylic oxidation sites excluding steroid dienone is 2. The van der Waals surface area contributed by atoms with Crippen LogP contribution in [0.1, 0.15) is 26.2 Å². The molecule has 1 N–H and O–H groups in total. The molecule has 1 saturated carbocycles. The molecule has 3 amide bonds. The van der Waals surface area contributed by atoms with Crippen molar-refractivity contribution < 1.29 is 19.3 Å². The molecular weight excluding hydrogens is 362 g/mol. The van der Waals surface area contributed by atoms with E-state index in [-0.39, 0.29) is 53.3 Å². The normalized spacial score (nSPS) is 29.0. The molecule has 0 unspecified atom stereocenters. The van der Waals surface area contributed by atoms with Gasteiger partial charge in [-0.1, -0.05) is 31.2 Å². The lowest BCUT2D eigenvalue weighted by Gasteiger charge is -2.38. The van der Waals surface area contributed by atoms with Crippen LogP contribution in [0.4, 0.5) is 11.4 Å². The third kappa shape index (κ3) is 2.71. The van der Waals surface area contributed by atoms with Gasteiger partial charge in [-0.05, 0) is 37.2 Å². The zero-order chi connectivity index (χ0) is 20.0. The van der Waals surface area contributed by atoms with E-state index in [1.807, 2.05) is 12.2 Å². The fourth-order valence-corrected chi connectivity index (χ4v) is 4.84. The zero-order valence-corrected chi connectivity index (χ0v) is 15.4. The number of hydrogen-bond acceptors (Lipinski definition) is 5. The Bertz CT molecular complexity index is 864. The van der Waals surface area contributed by atoms with Crippen LogP contribution in [0.25, 0.3) is 0 Å². The van der Waals surface area contributed by atoms with Gasteiger partial charge in [0.05, 0.1) is 16.8 Å². The lowest BCUT2D eigenvalue weighted by Crippen LogP contribution is -2.47. The molecule has 146 valence electrons. The smallest absolute Gasteiger partial charge is 0.292 e. The number of benzene rings is 1. The van der Waals surface area contributed by atoms with E-state index in [1.54, 1.807) is 13.0 Å². The van der Waals surface area contributed by atoms with E-state index in [4.69, 9.17) is 0 Å². The van der Waals surface area contributed by atoms with Crippen molar-refractivity contribution in [2.75, 3.05) is 5.32 Å². The van der Waals surface area contributed by atoms with Gasteiger partial charge in [0.15, 0.2) is 0 Å². The first-order valence-electron chi connectivity index (χ1n) is 9.53. The van der Waals surface area contributed by atoms with Gasteiger partial charge in [-0.2, -0.15) is 0 Å². The topological polar surface area (TPSA) is 110 Å². The van der Waals surface area contributed by atoms with Crippen LogP contribution in [0.3, 0.4) is 0 Å². The summed E-state index contributed by atoms with van der Waals surface area (Å²) in [6.07, 6.45) is 6.06. The van der Waals surface area contributed by atoms with Gasteiger partial charge in [0.25, 0.3) is 5.69 Å². The van der Waals surface area contributed by atoms with E-state index >= 15 is 0 Å². The Morgan fingerprint density at radius 1 is 1.18 bits per heavy atom. The zero-order valence-electron chi connectivity index (χ0n) is 15.4. The van der Waals surface area contributed by atoms with Crippen LogP contribution in [-0.4, -0.2) is 33.6 Å². The Balaban J connectivity index is 1.59. The van der Waals surface area contributed by atoms with Crippen molar-refractivity contribution in [1.82, 2.24) is 4.90 Å². The van der Waals surface area contributed by atoms with Gasteiger partial charge in [0.2, 0.25) is 17.7 Å². The second-order valence-corrected chi connectivity index (χ2v) is 7.58. The lowest BCUT2D eigenvalue weighted by atomic mass is 9.63. The summed E-state index contributed by atoms with van der Waals surface area (Å²) >= 11 is 0. The Hall–Kier alpha value is -3.03. The average molecular weight is 383 g/mol. The number of likely N-dealkylation sites (tertiary alicyclic amines) is 1. The number of nitrogens with one attached hydrogen (secondary N) is 1. The molecule has 2 bridgehead atoms. The lowest BCUT2D eigenvalue weighted by molar-refractivity contribution is -0.383. The van der Waals surface area contributed by atoms with Gasteiger partial charge in [0, 0.05) is 6.07 Å². The molecule has 1 heterocycles. The first-order valence-corrected chi connectivity index (χ1v) is 9.53. The minimum Gasteiger partial charge on any atom is -0.319 e. The molecule has 2 fully saturated rings. The number of para-hydroxylation sites is 2. The summed E-state index contributed by atoms with van der Waals surface area (Å²) in [5.41, 5.74) is -0.185. The summed E-state index contributed by atoms with van der Waals surface area (Å²) in [7, 11) is 0. The molecular formula is C20H21N3O5. The molecule has 0 radical (unpaired) electrons. The first kappa shape index (κ1) is 18.3. The van der Waals surface area contributed by atoms with E-state index < -0.39 is 16.9 Å². The van der Waals surface area contributed by atoms with Crippen LogP contribution in [0.2, 0.25) is 0 Å². The van der Waals surface area contributed by atoms with Crippen molar-refractivity contribution in [3.8, 4) is 0 Å². The number of hydrogen-bond donors (Lipinski definition) is 1. The second kappa shape index (κ2) is 6.85. The highest BCUT2D eigenvalue weighted by molar-refractivity contribution is 6.10. The van der Waals surface area contributed by atoms with Crippen molar-refractivity contribution in [3.05, 3.63) is 46.5 Å². The number of nitrogens with zero attached hydrogens (tertiary/aromatic N) is 2. The fourth-order valence-electron chi connectivity index (χ4n) is 4.84. The fraction of sp³-hybridized carbons (Fsp3) is 0.450. The summed E-state index contributed by atoms with van der Waals surface area (Å²) < 4.78 is 0. The Morgan fingerprint density at radius 2 is 1.75 bits per heavy atom. The summed E-state index contributed by atoms with van der Waals surface area (Å²) in [6, 6.07) is 4.82. The SMILES string of the molecule is CC[C@H](C(=O)Nc1ccccc1[N+](=O)[O-])N1C(=O)[C@@H]2[C@H](C1=O)[C@H]1C=C[C@H]2CC1. The molecule has 3 aliphatic carbocycles. The highest BCUT2D eigenvalue weighted by atomic mass is 16.6. The number of carbonyl (C=O) groups is 3. The van der Waals surface area contributed by atoms with Crippen molar-refractivity contribution in [1.29, 1.82) is 0 Å². The van der Waals surface area contributed by atoms with E-state index in [0.29, 0.717) is 0 Å². The Morgan fingerprint density at radius 3 is 2.25 bits per heavy atom. The molecule has 8 nitrogen and oxygen atoms in total. The predicted octanol–water partition coefficient (Wildman–Crippen LogP) is 2.51. The third-order valence-electron chi connectivity index (χ3n) is 6.15. The largest absolute Gasteiger partial charge is 0.319 e. The van der Waals surface area contributed by atoms with Gasteiger partial charge in [0.1, 0.15) is 11.7 Å². The number of imide groups is 1. The summed E-state index contributed by atoms with van der Waals surface area (Å²) in [4.78, 5) is 50.7. The molecule has 1 aromatic rings. The summed E-state index contributed by atoms with van der Waals surface area (Å²) in [5.74, 6) is -1.84. The van der Waals surface area contributed by atoms with Gasteiger partial charge in [-0.3, -0.25) is 29.4 Å². The second-order valence-electron chi connectivity index (χ2n) is 7.58. The highest BCUT2D eigenvalue weighted by Gasteiger charge is 2.58. The number of anilines is 1. The molecule has 8 heteroatoms. The summed E-state index contributed by atoms with van der Waals surface area (Å²) in [5, 5.41) is 13.7. The number of amides is 3. The number of rotatable bonds is 5. The molecule has 0 spiro atoms. The van der Waals surface area contributed by atoms with Crippen LogP contribution in [0, 0.1) is 33.8 Å². The van der Waals surface area contributed by atoms with Gasteiger partial charge in [-0.25, -0.2) is 0 Å². The minimum atomic E-state index is -0.982. The molecule has 28 heavy (non-hydrogen) atoms. The Kier molecular flexibility index (Phi) is 4.49. The Labute approximate surface area is 161 Å². The number of carbonyl (C=O) groups excluding carboxylic acids is 3. The number of fused-ring (bicyclic) bond motifs is 1. The maximum Gasteiger partial charge on any atom is 0.292 e. The molecule has 1 aromatic carbocycles. The first-order chi connectivity index (χ1) is 13.4. The van der Waals surface area contributed by atoms with Crippen LogP contribution < -0.4 is 5.32 Å². The van der Waals surface area contributed by atoms with Crippen molar-refractivity contribution in [2.24, 2.45) is 23.7 Å². The number of nitro benzene ring substituents is 1. The van der Waals surface area contributed by atoms with Crippen LogP contribution in [-0.2, 0) is 14.4 Å². The molecule has 1 aliphatic heterocycles. The van der Waals surface area contributed by atoms with E-state index in [1.165, 1.54) is 18.2 Å². The summed E-state index contributed by atoms with van der Waals surface area (Å²) in [6.45, 7) is 1.72. The highest BCUT2D eigenvalue weighted by Crippen LogP contribution is 2.50. The monoisotopic (exact) mass is 383 g/mol. The standard InChI is InChI=1S/C20H21N3O5/c1-2-14(18(24)21-13-5-3-4-6-15(13)23(27)28)22-19(25)16-11-7-8-12(10-9-11)17(16)20(22)26/h3-8,11-12,14,16-17H,2,9-10H2,1H3,(H,21,24)/t11-,12-,14+,16-,17+/m0/s1. The van der Waals surface area contributed by atoms with Crippen molar-refractivity contribution in [2.45, 2.75) is 32.2 Å². The van der Waals surface area contributed by atoms with E-state index in [0.717, 1.165) is 17.7 Å². The number of nitro groups is 1. The van der Waals surface area contributed by atoms with E-state index in [2.05, 4.69) is 5.32 Å². The molecule has 4 aliphatic rings. The minimum absolute atomic E-state index is 0.0484. The van der Waals surface area contributed by atoms with Crippen LogP contribution >= 0.6 is 0 Å². The van der Waals surface area contributed by atoms with Crippen LogP contribution in [0.15, 0.2) is 36.4 Å². The van der Waals surface area contributed by atoms with Crippen LogP contribution in [0.5, 0.6) is 0 Å². The van der Waals surface area contributed by atoms with Gasteiger partial charge >= 0.3 is 0 Å².